The lowest BCUT2D eigenvalue weighted by atomic mass is 10.2. The van der Waals surface area contributed by atoms with E-state index in [0.29, 0.717) is 27.7 Å². The first-order valence-corrected chi connectivity index (χ1v) is 7.82. The maximum absolute atomic E-state index is 13.3. The van der Waals surface area contributed by atoms with Gasteiger partial charge in [-0.15, -0.1) is 11.3 Å². The number of benzene rings is 2. The second-order valence-electron chi connectivity index (χ2n) is 4.82. The Kier molecular flexibility index (Phi) is 4.52. The molecule has 1 N–H and O–H groups in total. The Bertz CT molecular complexity index is 896. The highest BCUT2D eigenvalue weighted by atomic mass is 32.1. The second kappa shape index (κ2) is 6.76. The van der Waals surface area contributed by atoms with E-state index >= 15 is 0 Å². The van der Waals surface area contributed by atoms with Crippen LogP contribution in [0.2, 0.25) is 0 Å². The van der Waals surface area contributed by atoms with Gasteiger partial charge in [-0.05, 0) is 30.3 Å². The minimum atomic E-state index is -0.944. The number of methoxy groups -OCH3 is 1. The van der Waals surface area contributed by atoms with Crippen molar-refractivity contribution < 1.29 is 18.3 Å². The zero-order valence-corrected chi connectivity index (χ0v) is 13.4. The van der Waals surface area contributed by atoms with Crippen LogP contribution in [0.3, 0.4) is 0 Å². The molecule has 0 fully saturated rings. The molecule has 0 bridgehead atoms. The average Bonchev–Trinajstić information content (AvgIpc) is 3.05. The number of rotatable bonds is 4. The number of ether oxygens (including phenoxy) is 1. The summed E-state index contributed by atoms with van der Waals surface area (Å²) in [4.78, 5) is 16.5. The highest BCUT2D eigenvalue weighted by molar-refractivity contribution is 7.14. The third-order valence-electron chi connectivity index (χ3n) is 3.29. The fraction of sp³-hybridized carbons (Fsp3) is 0.0588. The lowest BCUT2D eigenvalue weighted by molar-refractivity contribution is 0.102. The highest BCUT2D eigenvalue weighted by Gasteiger charge is 2.14. The van der Waals surface area contributed by atoms with Gasteiger partial charge in [0.05, 0.1) is 18.4 Å². The van der Waals surface area contributed by atoms with E-state index in [1.807, 2.05) is 0 Å². The number of amides is 1. The maximum atomic E-state index is 13.3. The van der Waals surface area contributed by atoms with Crippen LogP contribution in [0.15, 0.2) is 47.8 Å². The molecule has 1 aromatic heterocycles. The van der Waals surface area contributed by atoms with E-state index in [-0.39, 0.29) is 5.91 Å². The maximum Gasteiger partial charge on any atom is 0.261 e. The summed E-state index contributed by atoms with van der Waals surface area (Å²) in [6, 6.07) is 10.3. The number of carbonyl (C=O) groups is 1. The van der Waals surface area contributed by atoms with Gasteiger partial charge in [0, 0.05) is 10.9 Å². The third-order valence-corrected chi connectivity index (χ3v) is 4.05. The smallest absolute Gasteiger partial charge is 0.261 e. The number of hydrogen-bond donors (Lipinski definition) is 1. The van der Waals surface area contributed by atoms with E-state index in [2.05, 4.69) is 10.3 Å². The van der Waals surface area contributed by atoms with E-state index in [0.717, 1.165) is 12.1 Å². The molecule has 2 aromatic carbocycles. The van der Waals surface area contributed by atoms with Gasteiger partial charge in [-0.3, -0.25) is 10.1 Å². The number of para-hydroxylation sites is 1. The van der Waals surface area contributed by atoms with Gasteiger partial charge in [0.2, 0.25) is 0 Å². The SMILES string of the molecule is COc1ccccc1C(=O)Nc1nc(-c2ccc(F)c(F)c2)cs1. The van der Waals surface area contributed by atoms with Crippen molar-refractivity contribution >= 4 is 22.4 Å². The van der Waals surface area contributed by atoms with Gasteiger partial charge >= 0.3 is 0 Å². The molecule has 3 aromatic rings. The van der Waals surface area contributed by atoms with Crippen molar-refractivity contribution in [2.45, 2.75) is 0 Å². The molecule has 0 radical (unpaired) electrons. The van der Waals surface area contributed by atoms with Crippen molar-refractivity contribution in [3.8, 4) is 17.0 Å². The number of hydrogen-bond acceptors (Lipinski definition) is 4. The van der Waals surface area contributed by atoms with Gasteiger partial charge in [0.25, 0.3) is 5.91 Å². The molecule has 4 nitrogen and oxygen atoms in total. The van der Waals surface area contributed by atoms with Crippen molar-refractivity contribution in [2.75, 3.05) is 12.4 Å². The number of nitrogens with one attached hydrogen (secondary N) is 1. The predicted octanol–water partition coefficient (Wildman–Crippen LogP) is 4.35. The predicted molar refractivity (Wildman–Crippen MR) is 88.4 cm³/mol. The van der Waals surface area contributed by atoms with Crippen LogP contribution >= 0.6 is 11.3 Å². The van der Waals surface area contributed by atoms with Crippen molar-refractivity contribution in [3.63, 3.8) is 0 Å². The summed E-state index contributed by atoms with van der Waals surface area (Å²) >= 11 is 1.19. The number of aromatic nitrogens is 1. The van der Waals surface area contributed by atoms with Gasteiger partial charge < -0.3 is 4.74 Å². The van der Waals surface area contributed by atoms with E-state index in [9.17, 15) is 13.6 Å². The molecule has 0 saturated heterocycles. The lowest BCUT2D eigenvalue weighted by Crippen LogP contribution is -2.12. The fourth-order valence-corrected chi connectivity index (χ4v) is 2.83. The Morgan fingerprint density at radius 3 is 2.71 bits per heavy atom. The minimum absolute atomic E-state index is 0.352. The van der Waals surface area contributed by atoms with Crippen molar-refractivity contribution in [1.29, 1.82) is 0 Å². The zero-order valence-electron chi connectivity index (χ0n) is 12.5. The van der Waals surface area contributed by atoms with Gasteiger partial charge in [0.1, 0.15) is 5.75 Å². The first-order chi connectivity index (χ1) is 11.6. The van der Waals surface area contributed by atoms with E-state index in [1.165, 1.54) is 24.5 Å². The van der Waals surface area contributed by atoms with Gasteiger partial charge in [-0.25, -0.2) is 13.8 Å². The largest absolute Gasteiger partial charge is 0.496 e. The lowest BCUT2D eigenvalue weighted by Gasteiger charge is -2.07. The monoisotopic (exact) mass is 346 g/mol. The van der Waals surface area contributed by atoms with Crippen LogP contribution in [0.1, 0.15) is 10.4 Å². The van der Waals surface area contributed by atoms with Gasteiger partial charge in [-0.1, -0.05) is 12.1 Å². The zero-order chi connectivity index (χ0) is 17.1. The van der Waals surface area contributed by atoms with Crippen LogP contribution < -0.4 is 10.1 Å². The summed E-state index contributed by atoms with van der Waals surface area (Å²) in [6.45, 7) is 0. The van der Waals surface area contributed by atoms with Crippen LogP contribution in [0.4, 0.5) is 13.9 Å². The molecule has 1 heterocycles. The van der Waals surface area contributed by atoms with Crippen LogP contribution in [0.25, 0.3) is 11.3 Å². The highest BCUT2D eigenvalue weighted by Crippen LogP contribution is 2.27. The van der Waals surface area contributed by atoms with Crippen LogP contribution in [0.5, 0.6) is 5.75 Å². The summed E-state index contributed by atoms with van der Waals surface area (Å²) in [5.74, 6) is -1.77. The Balaban J connectivity index is 1.81. The summed E-state index contributed by atoms with van der Waals surface area (Å²) in [5, 5.41) is 4.68. The molecule has 7 heteroatoms. The molecule has 0 atom stereocenters. The van der Waals surface area contributed by atoms with Crippen LogP contribution in [-0.2, 0) is 0 Å². The molecule has 1 amide bonds. The molecule has 3 rings (SSSR count). The Morgan fingerprint density at radius 2 is 1.96 bits per heavy atom. The van der Waals surface area contributed by atoms with Crippen molar-refractivity contribution in [2.24, 2.45) is 0 Å². The van der Waals surface area contributed by atoms with Crippen LogP contribution in [-0.4, -0.2) is 18.0 Å². The second-order valence-corrected chi connectivity index (χ2v) is 5.68. The molecular weight excluding hydrogens is 334 g/mol. The third kappa shape index (κ3) is 3.26. The number of thiazole rings is 1. The summed E-state index contributed by atoms with van der Waals surface area (Å²) < 4.78 is 31.4. The normalized spacial score (nSPS) is 10.5. The minimum Gasteiger partial charge on any atom is -0.496 e. The van der Waals surface area contributed by atoms with Gasteiger partial charge in [0.15, 0.2) is 16.8 Å². The quantitative estimate of drug-likeness (QED) is 0.764. The molecule has 0 unspecified atom stereocenters. The van der Waals surface area contributed by atoms with E-state index in [4.69, 9.17) is 4.74 Å². The first kappa shape index (κ1) is 16.1. The number of halogens is 2. The molecule has 122 valence electrons. The van der Waals surface area contributed by atoms with Gasteiger partial charge in [-0.2, -0.15) is 0 Å². The van der Waals surface area contributed by atoms with E-state index < -0.39 is 11.6 Å². The Labute approximate surface area is 140 Å². The number of carbonyl (C=O) groups excluding carboxylic acids is 1. The van der Waals surface area contributed by atoms with Crippen LogP contribution in [0, 0.1) is 11.6 Å². The summed E-state index contributed by atoms with van der Waals surface area (Å²) in [7, 11) is 1.48. The average molecular weight is 346 g/mol. The summed E-state index contributed by atoms with van der Waals surface area (Å²) in [6.07, 6.45) is 0. The molecular formula is C17H12F2N2O2S. The molecule has 0 spiro atoms. The topological polar surface area (TPSA) is 51.2 Å². The molecule has 0 aliphatic heterocycles. The first-order valence-electron chi connectivity index (χ1n) is 6.94. The molecule has 0 aliphatic rings. The molecule has 0 saturated carbocycles. The Morgan fingerprint density at radius 1 is 1.17 bits per heavy atom. The number of anilines is 1. The van der Waals surface area contributed by atoms with Crippen molar-refractivity contribution in [1.82, 2.24) is 4.98 Å². The summed E-state index contributed by atoms with van der Waals surface area (Å²) in [5.41, 5.74) is 1.27. The fourth-order valence-electron chi connectivity index (χ4n) is 2.12. The number of nitrogens with zero attached hydrogens (tertiary/aromatic N) is 1. The van der Waals surface area contributed by atoms with E-state index in [1.54, 1.807) is 29.6 Å². The molecule has 24 heavy (non-hydrogen) atoms. The standard InChI is InChI=1S/C17H12F2N2O2S/c1-23-15-5-3-2-4-11(15)16(22)21-17-20-14(9-24-17)10-6-7-12(18)13(19)8-10/h2-9H,1H3,(H,20,21,22). The Hall–Kier alpha value is -2.80. The van der Waals surface area contributed by atoms with Crippen molar-refractivity contribution in [3.05, 3.63) is 65.0 Å². The molecule has 0 aliphatic carbocycles.